The fourth-order valence-corrected chi connectivity index (χ4v) is 3.26. The average Bonchev–Trinajstić information content (AvgIpc) is 2.80. The molecule has 0 bridgehead atoms. The number of aliphatic carboxylic acids is 1. The Kier molecular flexibility index (Phi) is 10.8. The average molecular weight is 521 g/mol. The van der Waals surface area contributed by atoms with Crippen LogP contribution in [0, 0.1) is 0 Å². The van der Waals surface area contributed by atoms with E-state index in [2.05, 4.69) is 5.16 Å². The maximum Gasteiger partial charge on any atom is 0.357 e. The Morgan fingerprint density at radius 2 is 1.43 bits per heavy atom. The zero-order valence-corrected chi connectivity index (χ0v) is 20.5. The molecule has 1 fully saturated rings. The van der Waals surface area contributed by atoms with Gasteiger partial charge in [0.15, 0.2) is 17.9 Å². The Hall–Kier alpha value is -4.26. The first kappa shape index (κ1) is 29.0. The fraction of sp³-hybridized carbons (Fsp3) is 0.417. The van der Waals surface area contributed by atoms with Crippen molar-refractivity contribution in [2.75, 3.05) is 6.61 Å². The van der Waals surface area contributed by atoms with E-state index in [0.29, 0.717) is 5.56 Å². The van der Waals surface area contributed by atoms with E-state index in [1.807, 2.05) is 0 Å². The van der Waals surface area contributed by atoms with Crippen LogP contribution in [0.15, 0.2) is 41.6 Å². The summed E-state index contributed by atoms with van der Waals surface area (Å²) in [6.45, 7) is 3.87. The lowest BCUT2D eigenvalue weighted by atomic mass is 9.98. The number of hydrogen-bond donors (Lipinski definition) is 1. The van der Waals surface area contributed by atoms with Gasteiger partial charge in [0.1, 0.15) is 12.7 Å². The molecule has 0 radical (unpaired) electrons. The number of carboxylic acids is 1. The quantitative estimate of drug-likeness (QED) is 0.202. The van der Waals surface area contributed by atoms with E-state index < -0.39 is 72.9 Å². The van der Waals surface area contributed by atoms with Crippen molar-refractivity contribution >= 4 is 41.6 Å². The molecule has 0 saturated carbocycles. The molecule has 5 atom stereocenters. The van der Waals surface area contributed by atoms with Crippen LogP contribution in [0.5, 0.6) is 0 Å². The molecule has 1 aromatic rings. The second-order valence-corrected chi connectivity index (χ2v) is 7.70. The molecule has 37 heavy (non-hydrogen) atoms. The van der Waals surface area contributed by atoms with Gasteiger partial charge in [-0.15, -0.1) is 0 Å². The van der Waals surface area contributed by atoms with Crippen molar-refractivity contribution in [3.05, 3.63) is 42.0 Å². The van der Waals surface area contributed by atoms with Gasteiger partial charge in [-0.2, -0.15) is 0 Å². The number of hydrogen-bond acceptors (Lipinski definition) is 12. The van der Waals surface area contributed by atoms with E-state index in [1.54, 1.807) is 30.3 Å². The number of oxime groups is 1. The van der Waals surface area contributed by atoms with Crippen molar-refractivity contribution in [2.45, 2.75) is 58.4 Å². The summed E-state index contributed by atoms with van der Waals surface area (Å²) in [4.78, 5) is 63.8. The smallest absolute Gasteiger partial charge is 0.357 e. The van der Waals surface area contributed by atoms with Gasteiger partial charge in [-0.1, -0.05) is 41.6 Å². The third kappa shape index (κ3) is 9.37. The van der Waals surface area contributed by atoms with Crippen molar-refractivity contribution < 1.29 is 57.6 Å². The monoisotopic (exact) mass is 521 g/mol. The van der Waals surface area contributed by atoms with Gasteiger partial charge in [0.05, 0.1) is 0 Å². The Bertz CT molecular complexity index is 1050. The first-order chi connectivity index (χ1) is 17.5. The molecular weight excluding hydrogens is 494 g/mol. The third-order valence-electron chi connectivity index (χ3n) is 4.66. The Morgan fingerprint density at radius 1 is 0.865 bits per heavy atom. The topological polar surface area (TPSA) is 173 Å². The standard InChI is InChI=1S/C24H27NO12/c1-13(26)32-12-19-20(33-14(2)27)21(34-15(3)28)22(35-16(4)29)24(36-19)37-25-18(23(30)31)11-10-17-8-6-5-7-9-17/h5-11,19-22,24H,12H2,1-4H3,(H,30,31)/b11-10+,25-18-. The second-order valence-electron chi connectivity index (χ2n) is 7.70. The van der Waals surface area contributed by atoms with Crippen LogP contribution in [0.2, 0.25) is 0 Å². The number of carbonyl (C=O) groups is 5. The fourth-order valence-electron chi connectivity index (χ4n) is 3.26. The molecule has 0 amide bonds. The van der Waals surface area contributed by atoms with Crippen molar-refractivity contribution in [2.24, 2.45) is 5.16 Å². The first-order valence-electron chi connectivity index (χ1n) is 11.0. The van der Waals surface area contributed by atoms with Crippen molar-refractivity contribution in [1.82, 2.24) is 0 Å². The SMILES string of the molecule is CC(=O)OCC1OC(O/N=C(/C=C/c2ccccc2)C(=O)O)C(OC(C)=O)C(OC(C)=O)C1OC(C)=O. The van der Waals surface area contributed by atoms with Gasteiger partial charge in [-0.25, -0.2) is 4.79 Å². The second kappa shape index (κ2) is 13.7. The zero-order valence-electron chi connectivity index (χ0n) is 20.5. The summed E-state index contributed by atoms with van der Waals surface area (Å²) in [7, 11) is 0. The van der Waals surface area contributed by atoms with E-state index in [1.165, 1.54) is 12.2 Å². The lowest BCUT2D eigenvalue weighted by Crippen LogP contribution is -2.62. The zero-order chi connectivity index (χ0) is 27.5. The van der Waals surface area contributed by atoms with Crippen molar-refractivity contribution in [3.8, 4) is 0 Å². The van der Waals surface area contributed by atoms with E-state index in [4.69, 9.17) is 28.5 Å². The molecule has 0 aliphatic carbocycles. The molecular formula is C24H27NO12. The lowest BCUT2D eigenvalue weighted by Gasteiger charge is -2.42. The van der Waals surface area contributed by atoms with Crippen molar-refractivity contribution in [3.63, 3.8) is 0 Å². The van der Waals surface area contributed by atoms with Gasteiger partial charge in [0, 0.05) is 27.7 Å². The minimum atomic E-state index is -1.65. The van der Waals surface area contributed by atoms with Gasteiger partial charge in [-0.3, -0.25) is 19.2 Å². The van der Waals surface area contributed by atoms with Gasteiger partial charge in [-0.05, 0) is 11.6 Å². The first-order valence-corrected chi connectivity index (χ1v) is 11.0. The number of nitrogens with zero attached hydrogens (tertiary/aromatic N) is 1. The highest BCUT2D eigenvalue weighted by Crippen LogP contribution is 2.30. The Morgan fingerprint density at radius 3 is 1.97 bits per heavy atom. The number of esters is 4. The van der Waals surface area contributed by atoms with E-state index in [-0.39, 0.29) is 0 Å². The number of ether oxygens (including phenoxy) is 5. The highest BCUT2D eigenvalue weighted by Gasteiger charge is 2.53. The molecule has 1 N–H and O–H groups in total. The van der Waals surface area contributed by atoms with E-state index in [0.717, 1.165) is 27.7 Å². The molecule has 200 valence electrons. The van der Waals surface area contributed by atoms with Crippen molar-refractivity contribution in [1.29, 1.82) is 0 Å². The van der Waals surface area contributed by atoms with Crippen LogP contribution < -0.4 is 0 Å². The summed E-state index contributed by atoms with van der Waals surface area (Å²) >= 11 is 0. The number of rotatable bonds is 10. The summed E-state index contributed by atoms with van der Waals surface area (Å²) in [5.74, 6) is -4.60. The summed E-state index contributed by atoms with van der Waals surface area (Å²) in [6, 6.07) is 8.76. The van der Waals surface area contributed by atoms with Crippen LogP contribution in [0.3, 0.4) is 0 Å². The Labute approximate surface area is 211 Å². The number of benzene rings is 1. The molecule has 13 nitrogen and oxygen atoms in total. The molecule has 1 aliphatic rings. The van der Waals surface area contributed by atoms with Gasteiger partial charge < -0.3 is 33.6 Å². The molecule has 1 heterocycles. The third-order valence-corrected chi connectivity index (χ3v) is 4.66. The summed E-state index contributed by atoms with van der Waals surface area (Å²) in [5.41, 5.74) is 0.139. The summed E-state index contributed by atoms with van der Waals surface area (Å²) in [6.07, 6.45) is -4.68. The van der Waals surface area contributed by atoms with Gasteiger partial charge in [0.25, 0.3) is 6.29 Å². The molecule has 0 aromatic heterocycles. The minimum absolute atomic E-state index is 0.471. The molecule has 2 rings (SSSR count). The predicted octanol–water partition coefficient (Wildman–Crippen LogP) is 1.24. The summed E-state index contributed by atoms with van der Waals surface area (Å²) in [5, 5.41) is 13.1. The molecule has 0 spiro atoms. The largest absolute Gasteiger partial charge is 0.476 e. The highest BCUT2D eigenvalue weighted by atomic mass is 16.8. The normalized spacial score (nSPS) is 23.6. The van der Waals surface area contributed by atoms with Crippen LogP contribution in [-0.2, 0) is 52.5 Å². The van der Waals surface area contributed by atoms with Crippen LogP contribution in [-0.4, -0.2) is 78.0 Å². The minimum Gasteiger partial charge on any atom is -0.476 e. The molecule has 1 aliphatic heterocycles. The Balaban J connectivity index is 2.44. The molecule has 5 unspecified atom stereocenters. The maximum absolute atomic E-state index is 11.8. The summed E-state index contributed by atoms with van der Waals surface area (Å²) < 4.78 is 26.4. The molecule has 1 saturated heterocycles. The van der Waals surface area contributed by atoms with Crippen LogP contribution in [0.4, 0.5) is 0 Å². The number of carbonyl (C=O) groups excluding carboxylic acids is 4. The number of carboxylic acid groups (broad SMARTS) is 1. The highest BCUT2D eigenvalue weighted by molar-refractivity contribution is 6.41. The molecule has 13 heteroatoms. The van der Waals surface area contributed by atoms with E-state index >= 15 is 0 Å². The van der Waals surface area contributed by atoms with Crippen LogP contribution >= 0.6 is 0 Å². The van der Waals surface area contributed by atoms with Gasteiger partial charge in [0.2, 0.25) is 6.10 Å². The molecule has 1 aromatic carbocycles. The maximum atomic E-state index is 11.8. The van der Waals surface area contributed by atoms with Crippen LogP contribution in [0.25, 0.3) is 6.08 Å². The van der Waals surface area contributed by atoms with Crippen LogP contribution in [0.1, 0.15) is 33.3 Å². The van der Waals surface area contributed by atoms with E-state index in [9.17, 15) is 29.1 Å². The lowest BCUT2D eigenvalue weighted by molar-refractivity contribution is -0.308. The van der Waals surface area contributed by atoms with Gasteiger partial charge >= 0.3 is 29.8 Å². The predicted molar refractivity (Wildman–Crippen MR) is 124 cm³/mol.